The summed E-state index contributed by atoms with van der Waals surface area (Å²) in [5.41, 5.74) is 1.77. The maximum atomic E-state index is 12.9. The zero-order valence-electron chi connectivity index (χ0n) is 15.1. The molecule has 5 heteroatoms. The fourth-order valence-electron chi connectivity index (χ4n) is 3.05. The summed E-state index contributed by atoms with van der Waals surface area (Å²) in [7, 11) is -3.74. The lowest BCUT2D eigenvalue weighted by Crippen LogP contribution is -2.38. The molecule has 134 valence electrons. The summed E-state index contributed by atoms with van der Waals surface area (Å²) in [6.45, 7) is 7.28. The van der Waals surface area contributed by atoms with Crippen molar-refractivity contribution in [2.45, 2.75) is 38.6 Å². The van der Waals surface area contributed by atoms with Crippen molar-refractivity contribution >= 4 is 15.8 Å². The lowest BCUT2D eigenvalue weighted by Gasteiger charge is -2.29. The highest BCUT2D eigenvalue weighted by molar-refractivity contribution is 7.89. The molecule has 0 saturated carbocycles. The molecule has 0 fully saturated rings. The van der Waals surface area contributed by atoms with Crippen molar-refractivity contribution in [2.24, 2.45) is 11.8 Å². The summed E-state index contributed by atoms with van der Waals surface area (Å²) in [5, 5.41) is 0. The standard InChI is InChI=1S/C20H25NO3S/c1-14(2)19(16(4)22)20(17-8-6-5-7-9-17)21-25(23,24)18-12-10-15(3)11-13-18/h5-14,19-21H,1-4H3/t19-,20-/m0/s1. The van der Waals surface area contributed by atoms with Gasteiger partial charge in [0.1, 0.15) is 5.78 Å². The van der Waals surface area contributed by atoms with E-state index in [0.717, 1.165) is 11.1 Å². The Hall–Kier alpha value is -1.98. The number of Topliss-reactive ketones (excluding diaryl/α,β-unsaturated/α-hetero) is 1. The summed E-state index contributed by atoms with van der Waals surface area (Å²) in [6, 6.07) is 15.3. The van der Waals surface area contributed by atoms with Gasteiger partial charge in [0.05, 0.1) is 10.9 Å². The number of carbonyl (C=O) groups is 1. The maximum absolute atomic E-state index is 12.9. The summed E-state index contributed by atoms with van der Waals surface area (Å²) < 4.78 is 28.5. The Kier molecular flexibility index (Phi) is 6.14. The molecule has 2 atom stereocenters. The molecule has 0 unspecified atom stereocenters. The molecule has 0 aliphatic carbocycles. The van der Waals surface area contributed by atoms with Crippen molar-refractivity contribution in [1.29, 1.82) is 0 Å². The van der Waals surface area contributed by atoms with Gasteiger partial charge in [-0.15, -0.1) is 0 Å². The molecule has 0 spiro atoms. The fraction of sp³-hybridized carbons (Fsp3) is 0.350. The lowest BCUT2D eigenvalue weighted by atomic mass is 9.82. The predicted molar refractivity (Wildman–Crippen MR) is 99.7 cm³/mol. The average molecular weight is 359 g/mol. The molecule has 0 amide bonds. The average Bonchev–Trinajstić information content (AvgIpc) is 2.54. The van der Waals surface area contributed by atoms with Gasteiger partial charge < -0.3 is 0 Å². The van der Waals surface area contributed by atoms with Crippen molar-refractivity contribution in [3.8, 4) is 0 Å². The summed E-state index contributed by atoms with van der Waals surface area (Å²) in [4.78, 5) is 12.4. The quantitative estimate of drug-likeness (QED) is 0.816. The third kappa shape index (κ3) is 4.77. The highest BCUT2D eigenvalue weighted by Crippen LogP contribution is 2.30. The third-order valence-electron chi connectivity index (χ3n) is 4.32. The lowest BCUT2D eigenvalue weighted by molar-refractivity contribution is -0.122. The smallest absolute Gasteiger partial charge is 0.241 e. The largest absolute Gasteiger partial charge is 0.300 e. The van der Waals surface area contributed by atoms with Crippen LogP contribution < -0.4 is 4.72 Å². The molecule has 0 aliphatic heterocycles. The van der Waals surface area contributed by atoms with Crippen LogP contribution >= 0.6 is 0 Å². The Bertz CT molecular complexity index is 812. The van der Waals surface area contributed by atoms with Crippen LogP contribution in [0.2, 0.25) is 0 Å². The molecular formula is C20H25NO3S. The van der Waals surface area contributed by atoms with Gasteiger partial charge in [-0.05, 0) is 37.5 Å². The van der Waals surface area contributed by atoms with Crippen LogP contribution in [0.1, 0.15) is 37.9 Å². The van der Waals surface area contributed by atoms with E-state index in [0.29, 0.717) is 0 Å². The molecule has 4 nitrogen and oxygen atoms in total. The van der Waals surface area contributed by atoms with Crippen LogP contribution in [-0.2, 0) is 14.8 Å². The second-order valence-corrected chi connectivity index (χ2v) is 8.42. The number of ketones is 1. The molecule has 2 aromatic rings. The minimum absolute atomic E-state index is 0.00317. The van der Waals surface area contributed by atoms with Crippen molar-refractivity contribution in [3.63, 3.8) is 0 Å². The van der Waals surface area contributed by atoms with Crippen molar-refractivity contribution < 1.29 is 13.2 Å². The molecule has 0 saturated heterocycles. The first-order valence-electron chi connectivity index (χ1n) is 8.37. The van der Waals surface area contributed by atoms with Crippen LogP contribution in [0.5, 0.6) is 0 Å². The number of hydrogen-bond acceptors (Lipinski definition) is 3. The van der Waals surface area contributed by atoms with Crippen molar-refractivity contribution in [3.05, 3.63) is 65.7 Å². The summed E-state index contributed by atoms with van der Waals surface area (Å²) in [5.74, 6) is -0.471. The first-order valence-corrected chi connectivity index (χ1v) is 9.85. The SMILES string of the molecule is CC(=O)[C@H](C(C)C)[C@@H](NS(=O)(=O)c1ccc(C)cc1)c1ccccc1. The molecule has 0 heterocycles. The predicted octanol–water partition coefficient (Wildman–Crippen LogP) is 3.88. The Morgan fingerprint density at radius 3 is 2.00 bits per heavy atom. The maximum Gasteiger partial charge on any atom is 0.241 e. The Labute approximate surface area is 150 Å². The van der Waals surface area contributed by atoms with Gasteiger partial charge in [0.25, 0.3) is 0 Å². The van der Waals surface area contributed by atoms with Gasteiger partial charge in [0, 0.05) is 5.92 Å². The van der Waals surface area contributed by atoms with Crippen molar-refractivity contribution in [2.75, 3.05) is 0 Å². The second-order valence-electron chi connectivity index (χ2n) is 6.70. The monoisotopic (exact) mass is 359 g/mol. The fourth-order valence-corrected chi connectivity index (χ4v) is 4.30. The van der Waals surface area contributed by atoms with Crippen LogP contribution in [0.4, 0.5) is 0 Å². The molecule has 2 rings (SSSR count). The van der Waals surface area contributed by atoms with E-state index in [1.807, 2.05) is 51.1 Å². The van der Waals surface area contributed by atoms with Gasteiger partial charge in [-0.2, -0.15) is 0 Å². The topological polar surface area (TPSA) is 63.2 Å². The number of carbonyl (C=O) groups excluding carboxylic acids is 1. The van der Waals surface area contributed by atoms with Crippen LogP contribution in [0.3, 0.4) is 0 Å². The number of sulfonamides is 1. The van der Waals surface area contributed by atoms with E-state index in [-0.39, 0.29) is 16.6 Å². The minimum Gasteiger partial charge on any atom is -0.300 e. The number of rotatable bonds is 7. The van der Waals surface area contributed by atoms with E-state index in [9.17, 15) is 13.2 Å². The van der Waals surface area contributed by atoms with E-state index in [2.05, 4.69) is 4.72 Å². The number of aryl methyl sites for hydroxylation is 1. The van der Waals surface area contributed by atoms with Crippen LogP contribution in [0, 0.1) is 18.8 Å². The van der Waals surface area contributed by atoms with E-state index in [1.54, 1.807) is 24.3 Å². The van der Waals surface area contributed by atoms with Gasteiger partial charge >= 0.3 is 0 Å². The Balaban J connectivity index is 2.45. The molecule has 0 aliphatic rings. The molecule has 0 bridgehead atoms. The van der Waals surface area contributed by atoms with Gasteiger partial charge in [0.15, 0.2) is 0 Å². The molecule has 25 heavy (non-hydrogen) atoms. The molecule has 0 radical (unpaired) electrons. The van der Waals surface area contributed by atoms with E-state index in [1.165, 1.54) is 6.92 Å². The van der Waals surface area contributed by atoms with Crippen LogP contribution in [0.15, 0.2) is 59.5 Å². The first-order chi connectivity index (χ1) is 11.7. The zero-order valence-corrected chi connectivity index (χ0v) is 15.9. The van der Waals surface area contributed by atoms with Gasteiger partial charge in [-0.25, -0.2) is 13.1 Å². The van der Waals surface area contributed by atoms with Gasteiger partial charge in [-0.3, -0.25) is 4.79 Å². The molecule has 1 N–H and O–H groups in total. The number of hydrogen-bond donors (Lipinski definition) is 1. The Morgan fingerprint density at radius 2 is 1.52 bits per heavy atom. The molecule has 2 aromatic carbocycles. The van der Waals surface area contributed by atoms with Crippen LogP contribution in [-0.4, -0.2) is 14.2 Å². The molecular weight excluding hydrogens is 334 g/mol. The second kappa shape index (κ2) is 7.93. The van der Waals surface area contributed by atoms with Crippen LogP contribution in [0.25, 0.3) is 0 Å². The summed E-state index contributed by atoms with van der Waals surface area (Å²) >= 11 is 0. The van der Waals surface area contributed by atoms with Gasteiger partial charge in [0.2, 0.25) is 10.0 Å². The number of benzene rings is 2. The minimum atomic E-state index is -3.74. The van der Waals surface area contributed by atoms with E-state index in [4.69, 9.17) is 0 Å². The first kappa shape index (κ1) is 19.3. The number of nitrogens with one attached hydrogen (secondary N) is 1. The highest BCUT2D eigenvalue weighted by atomic mass is 32.2. The van der Waals surface area contributed by atoms with Gasteiger partial charge in [-0.1, -0.05) is 61.9 Å². The van der Waals surface area contributed by atoms with E-state index < -0.39 is 22.0 Å². The Morgan fingerprint density at radius 1 is 0.960 bits per heavy atom. The van der Waals surface area contributed by atoms with Crippen molar-refractivity contribution in [1.82, 2.24) is 4.72 Å². The van der Waals surface area contributed by atoms with E-state index >= 15 is 0 Å². The molecule has 0 aromatic heterocycles. The third-order valence-corrected chi connectivity index (χ3v) is 5.78. The summed E-state index contributed by atoms with van der Waals surface area (Å²) in [6.07, 6.45) is 0. The zero-order chi connectivity index (χ0) is 18.6. The normalized spacial score (nSPS) is 14.3. The highest BCUT2D eigenvalue weighted by Gasteiger charge is 2.33.